The number of aryl methyl sites for hydroxylation is 1. The van der Waals surface area contributed by atoms with Gasteiger partial charge in [-0.3, -0.25) is 4.79 Å². The van der Waals surface area contributed by atoms with Crippen molar-refractivity contribution in [2.75, 3.05) is 14.2 Å². The van der Waals surface area contributed by atoms with E-state index in [0.717, 1.165) is 5.75 Å². The van der Waals surface area contributed by atoms with Gasteiger partial charge in [0.2, 0.25) is 12.1 Å². The summed E-state index contributed by atoms with van der Waals surface area (Å²) in [6.07, 6.45) is -0.881. The topological polar surface area (TPSA) is 44.8 Å². The molecule has 0 fully saturated rings. The second-order valence-electron chi connectivity index (χ2n) is 4.61. The van der Waals surface area contributed by atoms with E-state index in [4.69, 9.17) is 14.2 Å². The number of benzene rings is 2. The molecule has 0 unspecified atom stereocenters. The van der Waals surface area contributed by atoms with Crippen LogP contribution >= 0.6 is 0 Å². The lowest BCUT2D eigenvalue weighted by Gasteiger charge is -2.12. The van der Waals surface area contributed by atoms with Gasteiger partial charge in [0.05, 0.1) is 0 Å². The van der Waals surface area contributed by atoms with Gasteiger partial charge in [0.1, 0.15) is 11.5 Å². The van der Waals surface area contributed by atoms with Crippen LogP contribution in [-0.4, -0.2) is 26.3 Å². The van der Waals surface area contributed by atoms with Crippen molar-refractivity contribution in [3.63, 3.8) is 0 Å². The van der Waals surface area contributed by atoms with Gasteiger partial charge in [-0.25, -0.2) is 0 Å². The minimum absolute atomic E-state index is 0.220. The van der Waals surface area contributed by atoms with Crippen LogP contribution in [0.25, 0.3) is 0 Å². The Balaban J connectivity index is 2.08. The predicted octanol–water partition coefficient (Wildman–Crippen LogP) is 3.59. The molecule has 4 nitrogen and oxygen atoms in total. The minimum atomic E-state index is -0.881. The number of methoxy groups -OCH3 is 2. The average molecular weight is 286 g/mol. The summed E-state index contributed by atoms with van der Waals surface area (Å²) in [5.74, 6) is 1.20. The fraction of sp³-hybridized carbons (Fsp3) is 0.235. The molecule has 0 radical (unpaired) electrons. The van der Waals surface area contributed by atoms with E-state index < -0.39 is 6.29 Å². The first-order valence-electron chi connectivity index (χ1n) is 6.58. The van der Waals surface area contributed by atoms with Crippen molar-refractivity contribution >= 4 is 5.78 Å². The van der Waals surface area contributed by atoms with Crippen molar-refractivity contribution < 1.29 is 19.0 Å². The number of ketones is 1. The molecule has 0 aliphatic rings. The molecular formula is C17H18O4. The minimum Gasteiger partial charge on any atom is -0.457 e. The molecule has 0 atom stereocenters. The van der Waals surface area contributed by atoms with Crippen LogP contribution in [0.2, 0.25) is 0 Å². The fourth-order valence-corrected chi connectivity index (χ4v) is 1.88. The highest BCUT2D eigenvalue weighted by atomic mass is 16.7. The molecule has 0 saturated heterocycles. The Morgan fingerprint density at radius 1 is 0.857 bits per heavy atom. The Labute approximate surface area is 124 Å². The Kier molecular flexibility index (Phi) is 5.09. The summed E-state index contributed by atoms with van der Waals surface area (Å²) in [6, 6.07) is 14.6. The van der Waals surface area contributed by atoms with Gasteiger partial charge >= 0.3 is 0 Å². The maximum absolute atomic E-state index is 12.0. The molecule has 21 heavy (non-hydrogen) atoms. The maximum atomic E-state index is 12.0. The molecule has 0 bridgehead atoms. The number of hydrogen-bond acceptors (Lipinski definition) is 4. The summed E-state index contributed by atoms with van der Waals surface area (Å²) in [7, 11) is 2.86. The van der Waals surface area contributed by atoms with Gasteiger partial charge in [0.15, 0.2) is 0 Å². The van der Waals surface area contributed by atoms with E-state index >= 15 is 0 Å². The number of rotatable bonds is 6. The molecule has 2 aromatic rings. The second kappa shape index (κ2) is 7.02. The zero-order chi connectivity index (χ0) is 15.2. The third kappa shape index (κ3) is 3.90. The number of carbonyl (C=O) groups is 1. The number of Topliss-reactive ketones (excluding diaryl/α,β-unsaturated/α-hetero) is 1. The Bertz CT molecular complexity index is 583. The quantitative estimate of drug-likeness (QED) is 0.601. The van der Waals surface area contributed by atoms with E-state index in [0.29, 0.717) is 11.3 Å². The molecule has 2 rings (SSSR count). The van der Waals surface area contributed by atoms with E-state index in [1.54, 1.807) is 24.3 Å². The summed E-state index contributed by atoms with van der Waals surface area (Å²) >= 11 is 0. The summed E-state index contributed by atoms with van der Waals surface area (Å²) in [5, 5.41) is 0. The van der Waals surface area contributed by atoms with E-state index in [2.05, 4.69) is 0 Å². The SMILES string of the molecule is COC(OC)C(=O)c1ccc(Oc2ccc(C)cc2)cc1. The van der Waals surface area contributed by atoms with Gasteiger partial charge < -0.3 is 14.2 Å². The highest BCUT2D eigenvalue weighted by Crippen LogP contribution is 2.22. The van der Waals surface area contributed by atoms with Gasteiger partial charge in [-0.1, -0.05) is 17.7 Å². The summed E-state index contributed by atoms with van der Waals surface area (Å²) in [5.41, 5.74) is 1.69. The van der Waals surface area contributed by atoms with Gasteiger partial charge in [-0.05, 0) is 43.3 Å². The molecule has 0 N–H and O–H groups in total. The maximum Gasteiger partial charge on any atom is 0.222 e. The van der Waals surface area contributed by atoms with Crippen LogP contribution in [0.4, 0.5) is 0 Å². The molecule has 0 aliphatic heterocycles. The Morgan fingerprint density at radius 2 is 1.33 bits per heavy atom. The lowest BCUT2D eigenvalue weighted by atomic mass is 10.1. The third-order valence-corrected chi connectivity index (χ3v) is 3.04. The lowest BCUT2D eigenvalue weighted by Crippen LogP contribution is -2.24. The van der Waals surface area contributed by atoms with E-state index in [9.17, 15) is 4.79 Å². The molecule has 4 heteroatoms. The summed E-state index contributed by atoms with van der Waals surface area (Å²) < 4.78 is 15.6. The van der Waals surface area contributed by atoms with Crippen LogP contribution in [0.15, 0.2) is 48.5 Å². The monoisotopic (exact) mass is 286 g/mol. The van der Waals surface area contributed by atoms with E-state index in [1.807, 2.05) is 31.2 Å². The first-order chi connectivity index (χ1) is 10.1. The van der Waals surface area contributed by atoms with E-state index in [1.165, 1.54) is 19.8 Å². The molecule has 0 saturated carbocycles. The molecule has 110 valence electrons. The van der Waals surface area contributed by atoms with Crippen molar-refractivity contribution in [2.45, 2.75) is 13.2 Å². The van der Waals surface area contributed by atoms with Crippen molar-refractivity contribution in [2.24, 2.45) is 0 Å². The summed E-state index contributed by atoms with van der Waals surface area (Å²) in [6.45, 7) is 2.02. The summed E-state index contributed by atoms with van der Waals surface area (Å²) in [4.78, 5) is 12.0. The van der Waals surface area contributed by atoms with Gasteiger partial charge in [-0.2, -0.15) is 0 Å². The zero-order valence-electron chi connectivity index (χ0n) is 12.3. The van der Waals surface area contributed by atoms with E-state index in [-0.39, 0.29) is 5.78 Å². The standard InChI is InChI=1S/C17H18O4/c1-12-4-8-14(9-5-12)21-15-10-6-13(7-11-15)16(18)17(19-2)20-3/h4-11,17H,1-3H3. The largest absolute Gasteiger partial charge is 0.457 e. The van der Waals surface area contributed by atoms with Gasteiger partial charge in [0.25, 0.3) is 0 Å². The lowest BCUT2D eigenvalue weighted by molar-refractivity contribution is -0.0742. The van der Waals surface area contributed by atoms with Crippen LogP contribution in [0.5, 0.6) is 11.5 Å². The second-order valence-corrected chi connectivity index (χ2v) is 4.61. The van der Waals surface area contributed by atoms with Crippen molar-refractivity contribution in [3.05, 3.63) is 59.7 Å². The van der Waals surface area contributed by atoms with Crippen LogP contribution in [0.3, 0.4) is 0 Å². The molecule has 0 aromatic heterocycles. The number of ether oxygens (including phenoxy) is 3. The van der Waals surface area contributed by atoms with Gasteiger partial charge in [-0.15, -0.1) is 0 Å². The third-order valence-electron chi connectivity index (χ3n) is 3.04. The number of hydrogen-bond donors (Lipinski definition) is 0. The molecular weight excluding hydrogens is 268 g/mol. The normalized spacial score (nSPS) is 10.7. The first-order valence-corrected chi connectivity index (χ1v) is 6.58. The molecule has 2 aromatic carbocycles. The Hall–Kier alpha value is -2.17. The van der Waals surface area contributed by atoms with Crippen molar-refractivity contribution in [1.82, 2.24) is 0 Å². The zero-order valence-corrected chi connectivity index (χ0v) is 12.3. The molecule has 0 spiro atoms. The highest BCUT2D eigenvalue weighted by Gasteiger charge is 2.18. The Morgan fingerprint density at radius 3 is 1.81 bits per heavy atom. The van der Waals surface area contributed by atoms with Crippen molar-refractivity contribution in [1.29, 1.82) is 0 Å². The van der Waals surface area contributed by atoms with Crippen molar-refractivity contribution in [3.8, 4) is 11.5 Å². The number of carbonyl (C=O) groups excluding carboxylic acids is 1. The molecule has 0 aliphatic carbocycles. The van der Waals surface area contributed by atoms with Crippen LogP contribution in [0.1, 0.15) is 15.9 Å². The predicted molar refractivity (Wildman–Crippen MR) is 79.8 cm³/mol. The fourth-order valence-electron chi connectivity index (χ4n) is 1.88. The highest BCUT2D eigenvalue weighted by molar-refractivity contribution is 5.98. The van der Waals surface area contributed by atoms with Gasteiger partial charge in [0, 0.05) is 19.8 Å². The van der Waals surface area contributed by atoms with Crippen LogP contribution in [-0.2, 0) is 9.47 Å². The smallest absolute Gasteiger partial charge is 0.222 e. The first kappa shape index (κ1) is 15.2. The molecule has 0 amide bonds. The average Bonchev–Trinajstić information content (AvgIpc) is 2.51. The van der Waals surface area contributed by atoms with Crippen LogP contribution < -0.4 is 4.74 Å². The molecule has 0 heterocycles. The van der Waals surface area contributed by atoms with Crippen LogP contribution in [0, 0.1) is 6.92 Å².